The SMILES string of the molecule is COc1ccc2nc(N3C(=O)C(=O)C(=C(O)c4ccc5c(c4)OCCO5)[C@@H]3c3ccc(F)cc3)sc2c1. The third-order valence-electron chi connectivity index (χ3n) is 6.24. The molecule has 1 N–H and O–H groups in total. The lowest BCUT2D eigenvalue weighted by molar-refractivity contribution is -0.132. The van der Waals surface area contributed by atoms with Crippen molar-refractivity contribution in [1.29, 1.82) is 0 Å². The minimum atomic E-state index is -1.03. The molecular formula is C27H19FN2O6S. The van der Waals surface area contributed by atoms with Crippen LogP contribution in [0, 0.1) is 5.82 Å². The molecule has 37 heavy (non-hydrogen) atoms. The van der Waals surface area contributed by atoms with Gasteiger partial charge < -0.3 is 19.3 Å². The first-order valence-corrected chi connectivity index (χ1v) is 12.2. The number of aliphatic hydroxyl groups is 1. The molecule has 0 saturated carbocycles. The largest absolute Gasteiger partial charge is 0.507 e. The van der Waals surface area contributed by atoms with Crippen molar-refractivity contribution >= 4 is 44.1 Å². The number of aromatic nitrogens is 1. The summed E-state index contributed by atoms with van der Waals surface area (Å²) in [5.41, 5.74) is 1.21. The van der Waals surface area contributed by atoms with E-state index in [1.54, 1.807) is 43.5 Å². The molecule has 8 nitrogen and oxygen atoms in total. The van der Waals surface area contributed by atoms with Gasteiger partial charge in [0, 0.05) is 5.56 Å². The van der Waals surface area contributed by atoms with Gasteiger partial charge in [0.25, 0.3) is 5.78 Å². The van der Waals surface area contributed by atoms with Gasteiger partial charge in [0.1, 0.15) is 30.5 Å². The molecule has 1 fully saturated rings. The number of rotatable bonds is 4. The van der Waals surface area contributed by atoms with Gasteiger partial charge in [0.05, 0.1) is 28.9 Å². The number of amides is 1. The summed E-state index contributed by atoms with van der Waals surface area (Å²) in [6, 6.07) is 14.5. The molecule has 10 heteroatoms. The average Bonchev–Trinajstić information content (AvgIpc) is 3.46. The highest BCUT2D eigenvalue weighted by Crippen LogP contribution is 2.45. The Balaban J connectivity index is 1.52. The number of methoxy groups -OCH3 is 1. The number of Topliss-reactive ketones (excluding diaryl/α,β-unsaturated/α-hetero) is 1. The highest BCUT2D eigenvalue weighted by atomic mass is 32.1. The van der Waals surface area contributed by atoms with E-state index in [2.05, 4.69) is 4.98 Å². The van der Waals surface area contributed by atoms with Gasteiger partial charge in [0.2, 0.25) is 0 Å². The second-order valence-electron chi connectivity index (χ2n) is 8.41. The summed E-state index contributed by atoms with van der Waals surface area (Å²) in [5.74, 6) is -1.02. The van der Waals surface area contributed by atoms with Crippen LogP contribution < -0.4 is 19.1 Å². The van der Waals surface area contributed by atoms with E-state index >= 15 is 0 Å². The van der Waals surface area contributed by atoms with E-state index in [9.17, 15) is 19.1 Å². The number of hydrogen-bond donors (Lipinski definition) is 1. The number of thiazole rings is 1. The molecule has 0 unspecified atom stereocenters. The van der Waals surface area contributed by atoms with Crippen LogP contribution in [0.3, 0.4) is 0 Å². The maximum Gasteiger partial charge on any atom is 0.301 e. The van der Waals surface area contributed by atoms with Crippen molar-refractivity contribution in [2.45, 2.75) is 6.04 Å². The third-order valence-corrected chi connectivity index (χ3v) is 7.25. The first kappa shape index (κ1) is 23.0. The molecule has 0 bridgehead atoms. The van der Waals surface area contributed by atoms with E-state index in [1.807, 2.05) is 0 Å². The topological polar surface area (TPSA) is 98.2 Å². The summed E-state index contributed by atoms with van der Waals surface area (Å²) in [7, 11) is 1.55. The summed E-state index contributed by atoms with van der Waals surface area (Å²) in [5, 5.41) is 11.6. The van der Waals surface area contributed by atoms with Gasteiger partial charge in [-0.3, -0.25) is 14.5 Å². The number of carbonyl (C=O) groups excluding carboxylic acids is 2. The fourth-order valence-corrected chi connectivity index (χ4v) is 5.48. The van der Waals surface area contributed by atoms with Crippen molar-refractivity contribution in [3.8, 4) is 17.2 Å². The summed E-state index contributed by atoms with van der Waals surface area (Å²) >= 11 is 1.21. The number of carbonyl (C=O) groups is 2. The Bertz CT molecular complexity index is 1600. The summed E-state index contributed by atoms with van der Waals surface area (Å²) < 4.78 is 31.0. The first-order valence-electron chi connectivity index (χ1n) is 11.4. The highest BCUT2D eigenvalue weighted by Gasteiger charge is 2.48. The Kier molecular flexibility index (Phi) is 5.53. The van der Waals surface area contributed by atoms with Gasteiger partial charge in [-0.1, -0.05) is 23.5 Å². The van der Waals surface area contributed by atoms with Crippen LogP contribution in [-0.4, -0.2) is 42.1 Å². The number of anilines is 1. The van der Waals surface area contributed by atoms with E-state index in [4.69, 9.17) is 14.2 Å². The Morgan fingerprint density at radius 2 is 1.81 bits per heavy atom. The zero-order valence-corrected chi connectivity index (χ0v) is 20.3. The van der Waals surface area contributed by atoms with Crippen LogP contribution >= 0.6 is 11.3 Å². The lowest BCUT2D eigenvalue weighted by Crippen LogP contribution is -2.29. The van der Waals surface area contributed by atoms with Crippen molar-refractivity contribution in [3.05, 3.63) is 83.2 Å². The van der Waals surface area contributed by atoms with E-state index in [0.717, 1.165) is 4.70 Å². The predicted molar refractivity (Wildman–Crippen MR) is 135 cm³/mol. The zero-order valence-electron chi connectivity index (χ0n) is 19.4. The monoisotopic (exact) mass is 518 g/mol. The fourth-order valence-electron chi connectivity index (χ4n) is 4.46. The standard InChI is InChI=1S/C27H19FN2O6S/c1-34-17-7-8-18-21(13-17)37-27(29-18)30-23(14-2-5-16(28)6-3-14)22(25(32)26(30)33)24(31)15-4-9-19-20(12-15)36-11-10-35-19/h2-9,12-13,23,31H,10-11H2,1H3/t23-/m0/s1. The summed E-state index contributed by atoms with van der Waals surface area (Å²) in [4.78, 5) is 32.6. The van der Waals surface area contributed by atoms with Crippen LogP contribution in [0.5, 0.6) is 17.2 Å². The molecule has 1 amide bonds. The van der Waals surface area contributed by atoms with E-state index in [1.165, 1.54) is 40.5 Å². The van der Waals surface area contributed by atoms with Crippen molar-refractivity contribution in [3.63, 3.8) is 0 Å². The molecule has 1 saturated heterocycles. The number of benzene rings is 3. The lowest BCUT2D eigenvalue weighted by Gasteiger charge is -2.23. The molecule has 3 aromatic carbocycles. The van der Waals surface area contributed by atoms with Crippen LogP contribution in [0.25, 0.3) is 16.0 Å². The number of ketones is 1. The Hall–Kier alpha value is -4.44. The highest BCUT2D eigenvalue weighted by molar-refractivity contribution is 7.22. The van der Waals surface area contributed by atoms with E-state index < -0.39 is 23.5 Å². The second-order valence-corrected chi connectivity index (χ2v) is 9.42. The average molecular weight is 519 g/mol. The number of fused-ring (bicyclic) bond motifs is 2. The minimum Gasteiger partial charge on any atom is -0.507 e. The molecule has 4 aromatic rings. The molecule has 2 aliphatic heterocycles. The smallest absolute Gasteiger partial charge is 0.301 e. The van der Waals surface area contributed by atoms with Crippen LogP contribution in [-0.2, 0) is 9.59 Å². The number of ether oxygens (including phenoxy) is 3. The normalized spacial score (nSPS) is 18.4. The van der Waals surface area contributed by atoms with Gasteiger partial charge in [-0.15, -0.1) is 0 Å². The van der Waals surface area contributed by atoms with Crippen LogP contribution in [0.1, 0.15) is 17.2 Å². The Morgan fingerprint density at radius 3 is 2.57 bits per heavy atom. The van der Waals surface area contributed by atoms with Crippen molar-refractivity contribution < 1.29 is 33.3 Å². The molecule has 1 atom stereocenters. The summed E-state index contributed by atoms with van der Waals surface area (Å²) in [6.45, 7) is 0.752. The Labute approximate surface area is 214 Å². The van der Waals surface area contributed by atoms with Crippen molar-refractivity contribution in [2.75, 3.05) is 25.2 Å². The number of halogens is 1. The number of aliphatic hydroxyl groups excluding tert-OH is 1. The molecular weight excluding hydrogens is 499 g/mol. The molecule has 0 aliphatic carbocycles. The lowest BCUT2D eigenvalue weighted by atomic mass is 9.95. The van der Waals surface area contributed by atoms with Gasteiger partial charge >= 0.3 is 5.91 Å². The second kappa shape index (κ2) is 8.90. The maximum atomic E-state index is 13.8. The maximum absolute atomic E-state index is 13.8. The van der Waals surface area contributed by atoms with Crippen LogP contribution in [0.4, 0.5) is 9.52 Å². The zero-order chi connectivity index (χ0) is 25.7. The van der Waals surface area contributed by atoms with Gasteiger partial charge in [0.15, 0.2) is 16.6 Å². The van der Waals surface area contributed by atoms with E-state index in [0.29, 0.717) is 41.5 Å². The first-order chi connectivity index (χ1) is 17.9. The quantitative estimate of drug-likeness (QED) is 0.235. The van der Waals surface area contributed by atoms with Crippen LogP contribution in [0.15, 0.2) is 66.2 Å². The fraction of sp³-hybridized carbons (Fsp3) is 0.148. The summed E-state index contributed by atoms with van der Waals surface area (Å²) in [6.07, 6.45) is 0. The van der Waals surface area contributed by atoms with Gasteiger partial charge in [-0.25, -0.2) is 9.37 Å². The molecule has 6 rings (SSSR count). The minimum absolute atomic E-state index is 0.134. The van der Waals surface area contributed by atoms with Crippen LogP contribution in [0.2, 0.25) is 0 Å². The molecule has 0 spiro atoms. The number of hydrogen-bond acceptors (Lipinski definition) is 8. The molecule has 1 aromatic heterocycles. The molecule has 3 heterocycles. The molecule has 0 radical (unpaired) electrons. The molecule has 2 aliphatic rings. The Morgan fingerprint density at radius 1 is 1.05 bits per heavy atom. The van der Waals surface area contributed by atoms with Crippen molar-refractivity contribution in [2.24, 2.45) is 0 Å². The van der Waals surface area contributed by atoms with E-state index in [-0.39, 0.29) is 22.0 Å². The third kappa shape index (κ3) is 3.86. The number of nitrogens with zero attached hydrogens (tertiary/aromatic N) is 2. The van der Waals surface area contributed by atoms with Gasteiger partial charge in [-0.2, -0.15) is 0 Å². The van der Waals surface area contributed by atoms with Crippen molar-refractivity contribution in [1.82, 2.24) is 4.98 Å². The predicted octanol–water partition coefficient (Wildman–Crippen LogP) is 4.84. The van der Waals surface area contributed by atoms with Gasteiger partial charge in [-0.05, 0) is 54.1 Å². The molecule has 186 valence electrons.